The predicted molar refractivity (Wildman–Crippen MR) is 118 cm³/mol. The van der Waals surface area contributed by atoms with Gasteiger partial charge >= 0.3 is 0 Å². The molecule has 0 amide bonds. The first-order chi connectivity index (χ1) is 12.3. The van der Waals surface area contributed by atoms with Gasteiger partial charge in [-0.05, 0) is 75.2 Å². The summed E-state index contributed by atoms with van der Waals surface area (Å²) < 4.78 is 0. The van der Waals surface area contributed by atoms with Crippen molar-refractivity contribution in [1.82, 2.24) is 0 Å². The van der Waals surface area contributed by atoms with Crippen molar-refractivity contribution in [3.63, 3.8) is 0 Å². The molecule has 0 fully saturated rings. The summed E-state index contributed by atoms with van der Waals surface area (Å²) in [6, 6.07) is 0. The largest absolute Gasteiger partial charge is 0.402 e. The van der Waals surface area contributed by atoms with Crippen molar-refractivity contribution in [1.29, 1.82) is 0 Å². The maximum atomic E-state index is 6.01. The van der Waals surface area contributed by atoms with E-state index in [0.717, 1.165) is 35.3 Å². The first-order valence-corrected chi connectivity index (χ1v) is 9.82. The lowest BCUT2D eigenvalue weighted by Crippen LogP contribution is -2.02. The number of allylic oxidation sites excluding steroid dienone is 12. The average Bonchev–Trinajstić information content (AvgIpc) is 2.57. The second kappa shape index (κ2) is 10.9. The van der Waals surface area contributed by atoms with Crippen LogP contribution in [0.25, 0.3) is 0 Å². The van der Waals surface area contributed by atoms with Gasteiger partial charge in [-0.15, -0.1) is 0 Å². The third-order valence-corrected chi connectivity index (χ3v) is 4.87. The molecule has 0 aromatic rings. The van der Waals surface area contributed by atoms with Crippen LogP contribution < -0.4 is 5.73 Å². The highest BCUT2D eigenvalue weighted by Gasteiger charge is 2.12. The van der Waals surface area contributed by atoms with Crippen LogP contribution in [0.2, 0.25) is 0 Å². The molecule has 26 heavy (non-hydrogen) atoms. The smallest absolute Gasteiger partial charge is 0.0131 e. The quantitative estimate of drug-likeness (QED) is 0.432. The van der Waals surface area contributed by atoms with Gasteiger partial charge in [0.2, 0.25) is 0 Å². The number of hydrogen-bond donors (Lipinski definition) is 1. The van der Waals surface area contributed by atoms with Crippen LogP contribution >= 0.6 is 0 Å². The molecule has 0 aromatic carbocycles. The van der Waals surface area contributed by atoms with Crippen molar-refractivity contribution >= 4 is 0 Å². The second-order valence-corrected chi connectivity index (χ2v) is 7.50. The van der Waals surface area contributed by atoms with E-state index in [4.69, 9.17) is 5.73 Å². The Morgan fingerprint density at radius 2 is 1.96 bits per heavy atom. The Morgan fingerprint density at radius 3 is 2.42 bits per heavy atom. The van der Waals surface area contributed by atoms with Crippen molar-refractivity contribution in [2.75, 3.05) is 0 Å². The van der Waals surface area contributed by atoms with Crippen LogP contribution in [0.15, 0.2) is 82.7 Å². The lowest BCUT2D eigenvalue weighted by atomic mass is 9.87. The van der Waals surface area contributed by atoms with Crippen molar-refractivity contribution in [2.24, 2.45) is 11.7 Å². The van der Waals surface area contributed by atoms with Gasteiger partial charge in [0.1, 0.15) is 0 Å². The molecule has 142 valence electrons. The van der Waals surface area contributed by atoms with E-state index in [-0.39, 0.29) is 0 Å². The fourth-order valence-electron chi connectivity index (χ4n) is 3.54. The highest BCUT2D eigenvalue weighted by Crippen LogP contribution is 2.29. The molecule has 0 saturated heterocycles. The highest BCUT2D eigenvalue weighted by atomic mass is 14.6. The van der Waals surface area contributed by atoms with Crippen LogP contribution in [-0.2, 0) is 0 Å². The first kappa shape index (κ1) is 22.0. The summed E-state index contributed by atoms with van der Waals surface area (Å²) in [5.41, 5.74) is 13.7. The van der Waals surface area contributed by atoms with Gasteiger partial charge in [0, 0.05) is 11.3 Å². The van der Waals surface area contributed by atoms with Crippen LogP contribution in [0.5, 0.6) is 0 Å². The molecule has 1 unspecified atom stereocenters. The Balaban J connectivity index is 2.82. The minimum Gasteiger partial charge on any atom is -0.402 e. The van der Waals surface area contributed by atoms with Gasteiger partial charge < -0.3 is 5.73 Å². The lowest BCUT2D eigenvalue weighted by molar-refractivity contribution is 0.556. The summed E-state index contributed by atoms with van der Waals surface area (Å²) in [6.45, 7) is 18.6. The van der Waals surface area contributed by atoms with Gasteiger partial charge in [-0.3, -0.25) is 0 Å². The minimum atomic E-state index is 0.712. The zero-order valence-corrected chi connectivity index (χ0v) is 17.5. The van der Waals surface area contributed by atoms with E-state index >= 15 is 0 Å². The molecule has 0 saturated carbocycles. The minimum absolute atomic E-state index is 0.712. The van der Waals surface area contributed by atoms with E-state index in [2.05, 4.69) is 64.3 Å². The zero-order chi connectivity index (χ0) is 19.7. The van der Waals surface area contributed by atoms with E-state index in [1.54, 1.807) is 0 Å². The van der Waals surface area contributed by atoms with Gasteiger partial charge in [0.05, 0.1) is 0 Å². The molecule has 1 heteroatoms. The molecule has 1 nitrogen and oxygen atoms in total. The van der Waals surface area contributed by atoms with Crippen molar-refractivity contribution < 1.29 is 0 Å². The lowest BCUT2D eigenvalue weighted by Gasteiger charge is -2.18. The molecule has 1 aliphatic rings. The first-order valence-electron chi connectivity index (χ1n) is 9.82. The van der Waals surface area contributed by atoms with E-state index in [1.807, 2.05) is 13.8 Å². The summed E-state index contributed by atoms with van der Waals surface area (Å²) in [5.74, 6) is 0.712. The number of rotatable bonds is 9. The van der Waals surface area contributed by atoms with Gasteiger partial charge in [-0.25, -0.2) is 0 Å². The molecule has 1 rings (SSSR count). The summed E-state index contributed by atoms with van der Waals surface area (Å²) in [4.78, 5) is 0. The highest BCUT2D eigenvalue weighted by molar-refractivity contribution is 5.52. The summed E-state index contributed by atoms with van der Waals surface area (Å²) in [5, 5.41) is 0. The third kappa shape index (κ3) is 6.71. The predicted octanol–water partition coefficient (Wildman–Crippen LogP) is 7.33. The molecular formula is C25H37N. The molecule has 1 aliphatic carbocycles. The average molecular weight is 352 g/mol. The summed E-state index contributed by atoms with van der Waals surface area (Å²) in [7, 11) is 0. The van der Waals surface area contributed by atoms with Crippen LogP contribution in [0.3, 0.4) is 0 Å². The van der Waals surface area contributed by atoms with Gasteiger partial charge in [0.15, 0.2) is 0 Å². The molecule has 0 aromatic heterocycles. The number of hydrogen-bond acceptors (Lipinski definition) is 1. The SMILES string of the molecule is C=C(C)/C(C(=C)/C=C(/C)C/C(=C\C)C1=CCC(CCCC)C=C1)=C(/C)N. The molecule has 0 bridgehead atoms. The third-order valence-electron chi connectivity index (χ3n) is 4.87. The number of unbranched alkanes of at least 4 members (excludes halogenated alkanes) is 1. The second-order valence-electron chi connectivity index (χ2n) is 7.50. The van der Waals surface area contributed by atoms with E-state index < -0.39 is 0 Å². The number of nitrogens with two attached hydrogens (primary N) is 1. The molecule has 0 aliphatic heterocycles. The molecular weight excluding hydrogens is 314 g/mol. The van der Waals surface area contributed by atoms with E-state index in [0.29, 0.717) is 5.92 Å². The standard InChI is InChI=1S/C25H37N/c1-8-10-11-22-12-14-24(15-13-22)23(9-2)17-19(5)16-20(6)25(18(3)4)21(7)26/h9,12,14-16,22H,3,6,8,10-11,13,17,26H2,1-2,4-5,7H3/b19-16-,23-9+,25-21+. The fourth-order valence-corrected chi connectivity index (χ4v) is 3.54. The maximum Gasteiger partial charge on any atom is 0.0131 e. The zero-order valence-electron chi connectivity index (χ0n) is 17.5. The molecule has 1 atom stereocenters. The summed E-state index contributed by atoms with van der Waals surface area (Å²) in [6.07, 6.45) is 17.5. The van der Waals surface area contributed by atoms with Crippen molar-refractivity contribution in [2.45, 2.75) is 66.7 Å². The molecule has 2 N–H and O–H groups in total. The molecule has 0 spiro atoms. The van der Waals surface area contributed by atoms with Crippen molar-refractivity contribution in [3.8, 4) is 0 Å². The topological polar surface area (TPSA) is 26.0 Å². The Labute approximate surface area is 161 Å². The Kier molecular flexibility index (Phi) is 9.19. The normalized spacial score (nSPS) is 19.1. The monoisotopic (exact) mass is 351 g/mol. The molecule has 0 radical (unpaired) electrons. The van der Waals surface area contributed by atoms with E-state index in [1.165, 1.54) is 36.0 Å². The van der Waals surface area contributed by atoms with Crippen LogP contribution in [0.1, 0.15) is 66.7 Å². The Bertz CT molecular complexity index is 673. The van der Waals surface area contributed by atoms with Gasteiger partial charge in [-0.2, -0.15) is 0 Å². The Morgan fingerprint density at radius 1 is 1.27 bits per heavy atom. The van der Waals surface area contributed by atoms with Crippen LogP contribution in [-0.4, -0.2) is 0 Å². The van der Waals surface area contributed by atoms with Gasteiger partial charge in [-0.1, -0.05) is 68.9 Å². The van der Waals surface area contributed by atoms with Crippen molar-refractivity contribution in [3.05, 3.63) is 82.7 Å². The van der Waals surface area contributed by atoms with Gasteiger partial charge in [0.25, 0.3) is 0 Å². The molecule has 0 heterocycles. The van der Waals surface area contributed by atoms with Crippen LogP contribution in [0, 0.1) is 5.92 Å². The fraction of sp³-hybridized carbons (Fsp3) is 0.440. The van der Waals surface area contributed by atoms with Crippen LogP contribution in [0.4, 0.5) is 0 Å². The summed E-state index contributed by atoms with van der Waals surface area (Å²) >= 11 is 0. The maximum absolute atomic E-state index is 6.01. The van der Waals surface area contributed by atoms with E-state index in [9.17, 15) is 0 Å². The Hall–Kier alpha value is -2.02.